The van der Waals surface area contributed by atoms with Crippen LogP contribution in [0.2, 0.25) is 0 Å². The summed E-state index contributed by atoms with van der Waals surface area (Å²) in [6.07, 6.45) is 1.86. The number of carbonyl (C=O) groups excluding carboxylic acids is 2. The summed E-state index contributed by atoms with van der Waals surface area (Å²) in [6, 6.07) is 7.25. The molecule has 1 saturated heterocycles. The highest BCUT2D eigenvalue weighted by Gasteiger charge is 2.42. The van der Waals surface area contributed by atoms with Gasteiger partial charge in [0.05, 0.1) is 23.8 Å². The molecular weight excluding hydrogens is 452 g/mol. The van der Waals surface area contributed by atoms with Gasteiger partial charge in [0.25, 0.3) is 0 Å². The van der Waals surface area contributed by atoms with Crippen LogP contribution < -0.4 is 0 Å². The summed E-state index contributed by atoms with van der Waals surface area (Å²) < 4.78 is 9.66. The Labute approximate surface area is 203 Å². The van der Waals surface area contributed by atoms with Gasteiger partial charge in [-0.25, -0.2) is 9.97 Å². The molecule has 3 heterocycles. The molecular formula is C25H30N4O4S. The van der Waals surface area contributed by atoms with Gasteiger partial charge in [-0.2, -0.15) is 4.37 Å². The van der Waals surface area contributed by atoms with Gasteiger partial charge in [-0.05, 0) is 43.3 Å². The molecule has 34 heavy (non-hydrogen) atoms. The number of aryl methyl sites for hydroxylation is 3. The zero-order valence-corrected chi connectivity index (χ0v) is 20.7. The average molecular weight is 483 g/mol. The molecule has 2 aromatic heterocycles. The summed E-state index contributed by atoms with van der Waals surface area (Å²) in [4.78, 5) is 36.8. The SMILES string of the molecule is Cc1nsc([C@H](C(=O)N2C[C@H](O)C[C@H]2C(=O)CCc2ccc(-c3ocnc3C)cc2)C(C)C)n1. The molecule has 0 spiro atoms. The maximum atomic E-state index is 13.5. The summed E-state index contributed by atoms with van der Waals surface area (Å²) in [5.41, 5.74) is 2.79. The Morgan fingerprint density at radius 1 is 1.24 bits per heavy atom. The molecule has 3 atom stereocenters. The number of aliphatic hydroxyl groups excluding tert-OH is 1. The van der Waals surface area contributed by atoms with Gasteiger partial charge in [-0.15, -0.1) is 0 Å². The minimum atomic E-state index is -0.703. The Hall–Kier alpha value is -2.91. The summed E-state index contributed by atoms with van der Waals surface area (Å²) in [5, 5.41) is 11.0. The lowest BCUT2D eigenvalue weighted by Gasteiger charge is -2.28. The van der Waals surface area contributed by atoms with Crippen LogP contribution in [0.1, 0.15) is 54.7 Å². The molecule has 4 rings (SSSR count). The van der Waals surface area contributed by atoms with Gasteiger partial charge in [0.1, 0.15) is 10.8 Å². The molecule has 1 fully saturated rings. The first-order valence-corrected chi connectivity index (χ1v) is 12.3. The second-order valence-electron chi connectivity index (χ2n) is 9.23. The predicted molar refractivity (Wildman–Crippen MR) is 128 cm³/mol. The number of hydrogen-bond acceptors (Lipinski definition) is 8. The molecule has 0 aliphatic carbocycles. The molecule has 0 unspecified atom stereocenters. The van der Waals surface area contributed by atoms with Crippen molar-refractivity contribution in [2.75, 3.05) is 6.54 Å². The maximum Gasteiger partial charge on any atom is 0.233 e. The number of Topliss-reactive ketones (excluding diaryl/α,β-unsaturated/α-hetero) is 1. The van der Waals surface area contributed by atoms with Gasteiger partial charge in [-0.1, -0.05) is 38.1 Å². The fourth-order valence-electron chi connectivity index (χ4n) is 4.49. The van der Waals surface area contributed by atoms with Crippen LogP contribution in [0, 0.1) is 19.8 Å². The fourth-order valence-corrected chi connectivity index (χ4v) is 5.42. The van der Waals surface area contributed by atoms with Crippen LogP contribution in [0.15, 0.2) is 35.1 Å². The first-order valence-electron chi connectivity index (χ1n) is 11.6. The van der Waals surface area contributed by atoms with E-state index in [4.69, 9.17) is 4.42 Å². The molecule has 180 valence electrons. The van der Waals surface area contributed by atoms with Gasteiger partial charge >= 0.3 is 0 Å². The first-order chi connectivity index (χ1) is 16.2. The Bertz CT molecular complexity index is 1150. The van der Waals surface area contributed by atoms with Gasteiger partial charge < -0.3 is 14.4 Å². The Balaban J connectivity index is 1.43. The zero-order valence-electron chi connectivity index (χ0n) is 19.9. The molecule has 0 bridgehead atoms. The lowest BCUT2D eigenvalue weighted by atomic mass is 9.93. The van der Waals surface area contributed by atoms with E-state index >= 15 is 0 Å². The highest BCUT2D eigenvalue weighted by Crippen LogP contribution is 2.32. The van der Waals surface area contributed by atoms with Crippen molar-refractivity contribution in [3.8, 4) is 11.3 Å². The van der Waals surface area contributed by atoms with Crippen LogP contribution in [0.25, 0.3) is 11.3 Å². The van der Waals surface area contributed by atoms with Crippen LogP contribution in [0.3, 0.4) is 0 Å². The van der Waals surface area contributed by atoms with Gasteiger partial charge in [0.15, 0.2) is 17.9 Å². The third kappa shape index (κ3) is 5.10. The van der Waals surface area contributed by atoms with Crippen molar-refractivity contribution in [2.24, 2.45) is 5.92 Å². The molecule has 1 aliphatic rings. The fraction of sp³-hybridized carbons (Fsp3) is 0.480. The van der Waals surface area contributed by atoms with Crippen molar-refractivity contribution >= 4 is 23.2 Å². The number of hydrogen-bond donors (Lipinski definition) is 1. The number of amides is 1. The summed E-state index contributed by atoms with van der Waals surface area (Å²) >= 11 is 1.23. The van der Waals surface area contributed by atoms with Crippen molar-refractivity contribution in [3.05, 3.63) is 52.7 Å². The zero-order chi connectivity index (χ0) is 24.4. The van der Waals surface area contributed by atoms with Gasteiger partial charge in [-0.3, -0.25) is 9.59 Å². The number of likely N-dealkylation sites (tertiary alicyclic amines) is 1. The molecule has 0 saturated carbocycles. The van der Waals surface area contributed by atoms with Crippen molar-refractivity contribution in [1.29, 1.82) is 0 Å². The number of β-amino-alcohol motifs (C(OH)–C–C–N with tert-alkyl or cyclic N) is 1. The van der Waals surface area contributed by atoms with Crippen LogP contribution in [-0.4, -0.2) is 54.7 Å². The highest BCUT2D eigenvalue weighted by molar-refractivity contribution is 7.05. The van der Waals surface area contributed by atoms with Crippen LogP contribution in [0.4, 0.5) is 0 Å². The van der Waals surface area contributed by atoms with E-state index in [0.717, 1.165) is 22.6 Å². The normalized spacial score (nSPS) is 19.1. The monoisotopic (exact) mass is 482 g/mol. The maximum absolute atomic E-state index is 13.5. The Kier molecular flexibility index (Phi) is 7.23. The van der Waals surface area contributed by atoms with E-state index in [1.807, 2.05) is 45.0 Å². The molecule has 1 amide bonds. The van der Waals surface area contributed by atoms with E-state index in [-0.39, 0.29) is 30.6 Å². The van der Waals surface area contributed by atoms with Gasteiger partial charge in [0, 0.05) is 24.9 Å². The molecule has 9 heteroatoms. The number of aromatic nitrogens is 3. The lowest BCUT2D eigenvalue weighted by molar-refractivity contribution is -0.139. The standard InChI is InChI=1S/C25H30N4O4S/c1-14(2)22(24-27-16(4)28-34-24)25(32)29-12-19(30)11-20(29)21(31)10-7-17-5-8-18(9-6-17)23-15(3)26-13-33-23/h5-6,8-9,13-14,19-20,22,30H,7,10-12H2,1-4H3/t19-,20+,22-/m1/s1. The van der Waals surface area contributed by atoms with Crippen molar-refractivity contribution in [3.63, 3.8) is 0 Å². The Morgan fingerprint density at radius 3 is 2.56 bits per heavy atom. The topological polar surface area (TPSA) is 109 Å². The van der Waals surface area contributed by atoms with E-state index < -0.39 is 18.1 Å². The van der Waals surface area contributed by atoms with E-state index in [0.29, 0.717) is 23.7 Å². The summed E-state index contributed by atoms with van der Waals surface area (Å²) in [6.45, 7) is 7.79. The summed E-state index contributed by atoms with van der Waals surface area (Å²) in [7, 11) is 0. The van der Waals surface area contributed by atoms with E-state index in [2.05, 4.69) is 14.3 Å². The third-order valence-electron chi connectivity index (χ3n) is 6.30. The van der Waals surface area contributed by atoms with E-state index in [1.54, 1.807) is 11.8 Å². The predicted octanol–water partition coefficient (Wildman–Crippen LogP) is 3.71. The van der Waals surface area contributed by atoms with E-state index in [9.17, 15) is 14.7 Å². The quantitative estimate of drug-likeness (QED) is 0.521. The van der Waals surface area contributed by atoms with Crippen LogP contribution >= 0.6 is 11.5 Å². The number of ketones is 1. The van der Waals surface area contributed by atoms with Crippen molar-refractivity contribution in [2.45, 2.75) is 65.0 Å². The molecule has 8 nitrogen and oxygen atoms in total. The minimum absolute atomic E-state index is 0.000132. The average Bonchev–Trinajstić information content (AvgIpc) is 3.52. The molecule has 1 aromatic carbocycles. The molecule has 1 aliphatic heterocycles. The smallest absolute Gasteiger partial charge is 0.233 e. The Morgan fingerprint density at radius 2 is 1.97 bits per heavy atom. The number of carbonyl (C=O) groups is 2. The molecule has 0 radical (unpaired) electrons. The first kappa shape index (κ1) is 24.2. The largest absolute Gasteiger partial charge is 0.443 e. The number of oxazole rings is 1. The summed E-state index contributed by atoms with van der Waals surface area (Å²) in [5.74, 6) is 0.710. The second kappa shape index (κ2) is 10.1. The second-order valence-corrected chi connectivity index (χ2v) is 10.0. The van der Waals surface area contributed by atoms with Gasteiger partial charge in [0.2, 0.25) is 5.91 Å². The minimum Gasteiger partial charge on any atom is -0.443 e. The molecule has 1 N–H and O–H groups in total. The van der Waals surface area contributed by atoms with Crippen LogP contribution in [-0.2, 0) is 16.0 Å². The van der Waals surface area contributed by atoms with E-state index in [1.165, 1.54) is 17.9 Å². The number of rotatable bonds is 8. The lowest BCUT2D eigenvalue weighted by Crippen LogP contribution is -2.44. The third-order valence-corrected chi connectivity index (χ3v) is 7.19. The number of benzene rings is 1. The highest BCUT2D eigenvalue weighted by atomic mass is 32.1. The van der Waals surface area contributed by atoms with Crippen molar-refractivity contribution in [1.82, 2.24) is 19.2 Å². The van der Waals surface area contributed by atoms with Crippen molar-refractivity contribution < 1.29 is 19.1 Å². The number of aliphatic hydroxyl groups is 1. The van der Waals surface area contributed by atoms with Crippen LogP contribution in [0.5, 0.6) is 0 Å². The number of nitrogens with zero attached hydrogens (tertiary/aromatic N) is 4. The molecule has 3 aromatic rings.